The Kier molecular flexibility index (Phi) is 9.39. The summed E-state index contributed by atoms with van der Waals surface area (Å²) in [5.41, 5.74) is 8.28. The number of hydrogen-bond donors (Lipinski definition) is 2. The first-order valence-corrected chi connectivity index (χ1v) is 9.46. The molecule has 26 heavy (non-hydrogen) atoms. The van der Waals surface area contributed by atoms with Gasteiger partial charge in [-0.25, -0.2) is 0 Å². The first kappa shape index (κ1) is 23.2. The predicted molar refractivity (Wildman–Crippen MR) is 112 cm³/mol. The molecule has 1 aliphatic heterocycles. The number of aryl methyl sites for hydroxylation is 1. The summed E-state index contributed by atoms with van der Waals surface area (Å²) >= 11 is 0. The number of benzene rings is 1. The SMILES string of the molecule is Cc1ccc(C(CNC(=O)C2(N)CCCCC2)N2CCCC2)cc1.Cl.Cl. The number of carbonyl (C=O) groups excluding carboxylic acids is 1. The van der Waals surface area contributed by atoms with Gasteiger partial charge in [0.1, 0.15) is 0 Å². The molecule has 2 fully saturated rings. The van der Waals surface area contributed by atoms with E-state index in [1.54, 1.807) is 0 Å². The molecule has 1 amide bonds. The molecule has 1 saturated carbocycles. The van der Waals surface area contributed by atoms with Crippen LogP contribution in [0.2, 0.25) is 0 Å². The lowest BCUT2D eigenvalue weighted by atomic mass is 9.82. The monoisotopic (exact) mass is 401 g/mol. The molecule has 1 saturated heterocycles. The zero-order valence-electron chi connectivity index (χ0n) is 15.7. The van der Waals surface area contributed by atoms with Crippen LogP contribution in [0.15, 0.2) is 24.3 Å². The second-order valence-electron chi connectivity index (χ2n) is 7.60. The third-order valence-electron chi connectivity index (χ3n) is 5.70. The minimum absolute atomic E-state index is 0. The van der Waals surface area contributed by atoms with Gasteiger partial charge in [0.25, 0.3) is 0 Å². The summed E-state index contributed by atoms with van der Waals surface area (Å²) in [5, 5.41) is 3.18. The van der Waals surface area contributed by atoms with Crippen molar-refractivity contribution in [2.75, 3.05) is 19.6 Å². The molecule has 1 heterocycles. The lowest BCUT2D eigenvalue weighted by molar-refractivity contribution is -0.127. The van der Waals surface area contributed by atoms with Crippen LogP contribution in [0.3, 0.4) is 0 Å². The van der Waals surface area contributed by atoms with E-state index in [4.69, 9.17) is 5.73 Å². The number of rotatable bonds is 5. The summed E-state index contributed by atoms with van der Waals surface area (Å²) in [6.45, 7) is 4.99. The number of amides is 1. The largest absolute Gasteiger partial charge is 0.353 e. The summed E-state index contributed by atoms with van der Waals surface area (Å²) in [6, 6.07) is 8.97. The molecule has 148 valence electrons. The fourth-order valence-corrected chi connectivity index (χ4v) is 4.07. The zero-order chi connectivity index (χ0) is 17.0. The van der Waals surface area contributed by atoms with Gasteiger partial charge in [0.2, 0.25) is 5.91 Å². The topological polar surface area (TPSA) is 58.4 Å². The molecule has 1 unspecified atom stereocenters. The Balaban J connectivity index is 0.00000169. The maximum atomic E-state index is 12.7. The lowest BCUT2D eigenvalue weighted by Gasteiger charge is -2.34. The quantitative estimate of drug-likeness (QED) is 0.789. The van der Waals surface area contributed by atoms with Crippen LogP contribution in [0.4, 0.5) is 0 Å². The third-order valence-corrected chi connectivity index (χ3v) is 5.70. The number of halogens is 2. The maximum Gasteiger partial charge on any atom is 0.240 e. The molecule has 1 aromatic carbocycles. The summed E-state index contributed by atoms with van der Waals surface area (Å²) in [7, 11) is 0. The van der Waals surface area contributed by atoms with Crippen LogP contribution < -0.4 is 11.1 Å². The summed E-state index contributed by atoms with van der Waals surface area (Å²) in [5.74, 6) is 0.0403. The fourth-order valence-electron chi connectivity index (χ4n) is 4.07. The average Bonchev–Trinajstić information content (AvgIpc) is 3.11. The predicted octanol–water partition coefficient (Wildman–Crippen LogP) is 3.75. The molecule has 1 atom stereocenters. The van der Waals surface area contributed by atoms with E-state index in [2.05, 4.69) is 41.4 Å². The van der Waals surface area contributed by atoms with Crippen LogP contribution in [-0.4, -0.2) is 36.0 Å². The van der Waals surface area contributed by atoms with Crippen LogP contribution in [0.5, 0.6) is 0 Å². The Morgan fingerprint density at radius 1 is 1.08 bits per heavy atom. The van der Waals surface area contributed by atoms with E-state index < -0.39 is 5.54 Å². The number of nitrogens with two attached hydrogens (primary N) is 1. The Morgan fingerprint density at radius 2 is 1.65 bits per heavy atom. The smallest absolute Gasteiger partial charge is 0.240 e. The van der Waals surface area contributed by atoms with Crippen LogP contribution in [0.1, 0.15) is 62.1 Å². The number of nitrogens with zero attached hydrogens (tertiary/aromatic N) is 1. The van der Waals surface area contributed by atoms with Gasteiger partial charge in [0.05, 0.1) is 11.6 Å². The van der Waals surface area contributed by atoms with Crippen molar-refractivity contribution in [3.63, 3.8) is 0 Å². The first-order valence-electron chi connectivity index (χ1n) is 9.46. The van der Waals surface area contributed by atoms with Gasteiger partial charge >= 0.3 is 0 Å². The number of nitrogens with one attached hydrogen (secondary N) is 1. The molecule has 4 nitrogen and oxygen atoms in total. The van der Waals surface area contributed by atoms with E-state index in [0.29, 0.717) is 6.54 Å². The van der Waals surface area contributed by atoms with Gasteiger partial charge in [-0.05, 0) is 51.3 Å². The Hall–Kier alpha value is -0.810. The van der Waals surface area contributed by atoms with Gasteiger partial charge in [-0.15, -0.1) is 24.8 Å². The maximum absolute atomic E-state index is 12.7. The molecule has 0 aromatic heterocycles. The lowest BCUT2D eigenvalue weighted by Crippen LogP contribution is -2.56. The first-order chi connectivity index (χ1) is 11.6. The normalized spacial score (nSPS) is 20.5. The molecule has 0 spiro atoms. The minimum atomic E-state index is -0.652. The van der Waals surface area contributed by atoms with Gasteiger partial charge in [0, 0.05) is 6.54 Å². The van der Waals surface area contributed by atoms with Crippen molar-refractivity contribution in [3.05, 3.63) is 35.4 Å². The Labute approximate surface area is 170 Å². The van der Waals surface area contributed by atoms with Crippen molar-refractivity contribution in [3.8, 4) is 0 Å². The molecular formula is C20H33Cl2N3O. The molecule has 3 N–H and O–H groups in total. The van der Waals surface area contributed by atoms with Gasteiger partial charge in [-0.2, -0.15) is 0 Å². The van der Waals surface area contributed by atoms with Gasteiger partial charge in [0.15, 0.2) is 0 Å². The van der Waals surface area contributed by atoms with Gasteiger partial charge in [-0.3, -0.25) is 9.69 Å². The molecule has 2 aliphatic rings. The summed E-state index contributed by atoms with van der Waals surface area (Å²) in [6.07, 6.45) is 7.46. The van der Waals surface area contributed by atoms with Crippen molar-refractivity contribution < 1.29 is 4.79 Å². The van der Waals surface area contributed by atoms with E-state index in [1.807, 2.05) is 0 Å². The van der Waals surface area contributed by atoms with E-state index >= 15 is 0 Å². The summed E-state index contributed by atoms with van der Waals surface area (Å²) in [4.78, 5) is 15.2. The van der Waals surface area contributed by atoms with Gasteiger partial charge < -0.3 is 11.1 Å². The standard InChI is InChI=1S/C20H31N3O.2ClH/c1-16-7-9-17(10-8-16)18(23-13-5-6-14-23)15-22-19(24)20(21)11-3-2-4-12-20;;/h7-10,18H,2-6,11-15,21H2,1H3,(H,22,24);2*1H. The van der Waals surface area contributed by atoms with Crippen molar-refractivity contribution in [2.45, 2.75) is 63.5 Å². The summed E-state index contributed by atoms with van der Waals surface area (Å²) < 4.78 is 0. The number of hydrogen-bond acceptors (Lipinski definition) is 3. The van der Waals surface area contributed by atoms with E-state index in [-0.39, 0.29) is 36.8 Å². The molecule has 1 aliphatic carbocycles. The number of carbonyl (C=O) groups is 1. The molecule has 1 aromatic rings. The molecular weight excluding hydrogens is 369 g/mol. The van der Waals surface area contributed by atoms with E-state index in [1.165, 1.54) is 30.4 Å². The van der Waals surface area contributed by atoms with E-state index in [0.717, 1.165) is 38.8 Å². The van der Waals surface area contributed by atoms with Crippen LogP contribution in [-0.2, 0) is 4.79 Å². The highest BCUT2D eigenvalue weighted by atomic mass is 35.5. The average molecular weight is 402 g/mol. The third kappa shape index (κ3) is 5.59. The zero-order valence-corrected chi connectivity index (χ0v) is 17.3. The second kappa shape index (κ2) is 10.5. The minimum Gasteiger partial charge on any atom is -0.353 e. The Bertz CT molecular complexity index is 553. The van der Waals surface area contributed by atoms with Crippen molar-refractivity contribution >= 4 is 30.7 Å². The second-order valence-corrected chi connectivity index (χ2v) is 7.60. The van der Waals surface area contributed by atoms with Crippen LogP contribution in [0, 0.1) is 6.92 Å². The number of likely N-dealkylation sites (tertiary alicyclic amines) is 1. The highest BCUT2D eigenvalue weighted by Gasteiger charge is 2.35. The van der Waals surface area contributed by atoms with Crippen LogP contribution >= 0.6 is 24.8 Å². The van der Waals surface area contributed by atoms with Crippen molar-refractivity contribution in [1.29, 1.82) is 0 Å². The van der Waals surface area contributed by atoms with Crippen molar-refractivity contribution in [1.82, 2.24) is 10.2 Å². The molecule has 3 rings (SSSR count). The van der Waals surface area contributed by atoms with Crippen LogP contribution in [0.25, 0.3) is 0 Å². The molecule has 0 radical (unpaired) electrons. The van der Waals surface area contributed by atoms with Crippen molar-refractivity contribution in [2.24, 2.45) is 5.73 Å². The molecule has 6 heteroatoms. The highest BCUT2D eigenvalue weighted by Crippen LogP contribution is 2.28. The Morgan fingerprint density at radius 3 is 2.23 bits per heavy atom. The molecule has 0 bridgehead atoms. The fraction of sp³-hybridized carbons (Fsp3) is 0.650. The highest BCUT2D eigenvalue weighted by molar-refractivity contribution is 5.86. The van der Waals surface area contributed by atoms with E-state index in [9.17, 15) is 4.79 Å². The van der Waals surface area contributed by atoms with Gasteiger partial charge in [-0.1, -0.05) is 49.1 Å².